The molecule has 0 aliphatic carbocycles. The molecule has 22 heavy (non-hydrogen) atoms. The zero-order valence-corrected chi connectivity index (χ0v) is 11.7. The molecule has 4 heteroatoms. The highest BCUT2D eigenvalue weighted by atomic mass is 16.3. The van der Waals surface area contributed by atoms with Crippen molar-refractivity contribution in [2.45, 2.75) is 0 Å². The minimum atomic E-state index is -0.368. The molecule has 108 valence electrons. The van der Waals surface area contributed by atoms with E-state index in [0.717, 1.165) is 16.3 Å². The van der Waals surface area contributed by atoms with E-state index in [0.29, 0.717) is 5.56 Å². The van der Waals surface area contributed by atoms with Gasteiger partial charge in [0, 0.05) is 11.1 Å². The van der Waals surface area contributed by atoms with Crippen LogP contribution in [-0.2, 0) is 0 Å². The van der Waals surface area contributed by atoms with Crippen LogP contribution in [0.25, 0.3) is 10.8 Å². The monoisotopic (exact) mass is 290 g/mol. The van der Waals surface area contributed by atoms with Crippen molar-refractivity contribution in [2.75, 3.05) is 0 Å². The van der Waals surface area contributed by atoms with E-state index >= 15 is 0 Å². The number of hydrazone groups is 1. The summed E-state index contributed by atoms with van der Waals surface area (Å²) in [5.74, 6) is -0.321. The fourth-order valence-electron chi connectivity index (χ4n) is 2.24. The molecule has 0 aromatic heterocycles. The Morgan fingerprint density at radius 2 is 1.77 bits per heavy atom. The first-order valence-corrected chi connectivity index (χ1v) is 6.84. The number of rotatable bonds is 3. The van der Waals surface area contributed by atoms with Crippen LogP contribution >= 0.6 is 0 Å². The standard InChI is InChI=1S/C18H14N2O2/c21-16-9-4-7-14(11-16)18(22)20-19-12-15-8-3-6-13-5-1-2-10-17(13)15/h1-12,21H,(H,20,22)/b19-12+. The Labute approximate surface area is 127 Å². The number of amides is 1. The zero-order chi connectivity index (χ0) is 15.4. The maximum Gasteiger partial charge on any atom is 0.271 e. The van der Waals surface area contributed by atoms with Crippen molar-refractivity contribution in [1.82, 2.24) is 5.43 Å². The third kappa shape index (κ3) is 2.96. The number of fused-ring (bicyclic) bond motifs is 1. The lowest BCUT2D eigenvalue weighted by Crippen LogP contribution is -2.17. The fraction of sp³-hybridized carbons (Fsp3) is 0. The highest BCUT2D eigenvalue weighted by molar-refractivity contribution is 6.00. The summed E-state index contributed by atoms with van der Waals surface area (Å²) in [6.45, 7) is 0. The minimum absolute atomic E-state index is 0.0469. The molecule has 1 amide bonds. The Morgan fingerprint density at radius 3 is 2.64 bits per heavy atom. The van der Waals surface area contributed by atoms with Gasteiger partial charge in [-0.05, 0) is 29.0 Å². The molecule has 0 bridgehead atoms. The molecular weight excluding hydrogens is 276 g/mol. The van der Waals surface area contributed by atoms with Crippen LogP contribution in [0.1, 0.15) is 15.9 Å². The average molecular weight is 290 g/mol. The van der Waals surface area contributed by atoms with Gasteiger partial charge in [0.25, 0.3) is 5.91 Å². The van der Waals surface area contributed by atoms with Crippen LogP contribution in [0.2, 0.25) is 0 Å². The van der Waals surface area contributed by atoms with E-state index in [1.807, 2.05) is 42.5 Å². The van der Waals surface area contributed by atoms with Gasteiger partial charge in [0.1, 0.15) is 5.75 Å². The second-order valence-corrected chi connectivity index (χ2v) is 4.82. The maximum atomic E-state index is 11.9. The van der Waals surface area contributed by atoms with Gasteiger partial charge >= 0.3 is 0 Å². The number of benzene rings is 3. The predicted molar refractivity (Wildman–Crippen MR) is 87.1 cm³/mol. The van der Waals surface area contributed by atoms with Crippen LogP contribution in [0, 0.1) is 0 Å². The normalized spacial score (nSPS) is 10.9. The van der Waals surface area contributed by atoms with Crippen molar-refractivity contribution in [3.05, 3.63) is 77.9 Å². The summed E-state index contributed by atoms with van der Waals surface area (Å²) in [4.78, 5) is 11.9. The predicted octanol–water partition coefficient (Wildman–Crippen LogP) is 3.31. The molecule has 0 aliphatic heterocycles. The van der Waals surface area contributed by atoms with Crippen molar-refractivity contribution in [2.24, 2.45) is 5.10 Å². The fourth-order valence-corrected chi connectivity index (χ4v) is 2.24. The molecule has 2 N–H and O–H groups in total. The largest absolute Gasteiger partial charge is 0.508 e. The Kier molecular flexibility index (Phi) is 3.83. The molecule has 0 unspecified atom stereocenters. The van der Waals surface area contributed by atoms with Gasteiger partial charge in [-0.25, -0.2) is 5.43 Å². The summed E-state index contributed by atoms with van der Waals surface area (Å²) in [6.07, 6.45) is 1.61. The molecule has 0 atom stereocenters. The third-order valence-electron chi connectivity index (χ3n) is 3.30. The molecule has 4 nitrogen and oxygen atoms in total. The van der Waals surface area contributed by atoms with Crippen molar-refractivity contribution in [3.8, 4) is 5.75 Å². The summed E-state index contributed by atoms with van der Waals surface area (Å²) in [5, 5.41) is 15.5. The number of aromatic hydroxyl groups is 1. The second-order valence-electron chi connectivity index (χ2n) is 4.82. The molecule has 3 aromatic rings. The molecule has 3 aromatic carbocycles. The van der Waals surface area contributed by atoms with Crippen molar-refractivity contribution >= 4 is 22.9 Å². The quantitative estimate of drug-likeness (QED) is 0.574. The highest BCUT2D eigenvalue weighted by Crippen LogP contribution is 2.16. The van der Waals surface area contributed by atoms with E-state index in [4.69, 9.17) is 0 Å². The van der Waals surface area contributed by atoms with Crippen LogP contribution in [0.15, 0.2) is 71.8 Å². The van der Waals surface area contributed by atoms with E-state index in [9.17, 15) is 9.90 Å². The molecule has 0 heterocycles. The molecule has 0 fully saturated rings. The molecule has 0 aliphatic rings. The van der Waals surface area contributed by atoms with Crippen molar-refractivity contribution < 1.29 is 9.90 Å². The summed E-state index contributed by atoms with van der Waals surface area (Å²) in [5.41, 5.74) is 3.74. The lowest BCUT2D eigenvalue weighted by molar-refractivity contribution is 0.0954. The molecule has 0 spiro atoms. The summed E-state index contributed by atoms with van der Waals surface area (Å²) in [7, 11) is 0. The lowest BCUT2D eigenvalue weighted by atomic mass is 10.1. The first-order valence-electron chi connectivity index (χ1n) is 6.84. The van der Waals surface area contributed by atoms with Crippen molar-refractivity contribution in [3.63, 3.8) is 0 Å². The van der Waals surface area contributed by atoms with Crippen LogP contribution in [-0.4, -0.2) is 17.2 Å². The number of hydrogen-bond acceptors (Lipinski definition) is 3. The van der Waals surface area contributed by atoms with Crippen molar-refractivity contribution in [1.29, 1.82) is 0 Å². The molecule has 3 rings (SSSR count). The number of phenols is 1. The van der Waals surface area contributed by atoms with Gasteiger partial charge < -0.3 is 5.11 Å². The Bertz CT molecular complexity index is 851. The number of carbonyl (C=O) groups excluding carboxylic acids is 1. The summed E-state index contributed by atoms with van der Waals surface area (Å²) < 4.78 is 0. The Hall–Kier alpha value is -3.14. The maximum absolute atomic E-state index is 11.9. The number of nitrogens with zero attached hydrogens (tertiary/aromatic N) is 1. The van der Waals surface area contributed by atoms with Gasteiger partial charge in [-0.2, -0.15) is 5.10 Å². The summed E-state index contributed by atoms with van der Waals surface area (Å²) >= 11 is 0. The van der Waals surface area contributed by atoms with Gasteiger partial charge in [-0.3, -0.25) is 4.79 Å². The third-order valence-corrected chi connectivity index (χ3v) is 3.30. The summed E-state index contributed by atoms with van der Waals surface area (Å²) in [6, 6.07) is 20.0. The van der Waals surface area contributed by atoms with Crippen LogP contribution in [0.4, 0.5) is 0 Å². The SMILES string of the molecule is O=C(N/N=C/c1cccc2ccccc12)c1cccc(O)c1. The minimum Gasteiger partial charge on any atom is -0.508 e. The molecule has 0 radical (unpaired) electrons. The van der Waals surface area contributed by atoms with E-state index in [1.54, 1.807) is 18.3 Å². The topological polar surface area (TPSA) is 61.7 Å². The van der Waals surface area contributed by atoms with E-state index in [-0.39, 0.29) is 11.7 Å². The van der Waals surface area contributed by atoms with E-state index in [2.05, 4.69) is 10.5 Å². The van der Waals surface area contributed by atoms with E-state index < -0.39 is 0 Å². The van der Waals surface area contributed by atoms with E-state index in [1.165, 1.54) is 12.1 Å². The molecule has 0 saturated carbocycles. The van der Waals surface area contributed by atoms with Gasteiger partial charge in [-0.15, -0.1) is 0 Å². The zero-order valence-electron chi connectivity index (χ0n) is 11.7. The van der Waals surface area contributed by atoms with Crippen LogP contribution < -0.4 is 5.43 Å². The highest BCUT2D eigenvalue weighted by Gasteiger charge is 2.04. The van der Waals surface area contributed by atoms with Gasteiger partial charge in [0.15, 0.2) is 0 Å². The first kappa shape index (κ1) is 13.8. The Morgan fingerprint density at radius 1 is 1.00 bits per heavy atom. The number of nitrogens with one attached hydrogen (secondary N) is 1. The molecule has 0 saturated heterocycles. The number of phenolic OH excluding ortho intramolecular Hbond substituents is 1. The Balaban J connectivity index is 1.78. The van der Waals surface area contributed by atoms with Gasteiger partial charge in [0.2, 0.25) is 0 Å². The van der Waals surface area contributed by atoms with Crippen LogP contribution in [0.5, 0.6) is 5.75 Å². The average Bonchev–Trinajstić information content (AvgIpc) is 2.55. The van der Waals surface area contributed by atoms with Gasteiger partial charge in [-0.1, -0.05) is 48.5 Å². The smallest absolute Gasteiger partial charge is 0.271 e. The van der Waals surface area contributed by atoms with Crippen LogP contribution in [0.3, 0.4) is 0 Å². The lowest BCUT2D eigenvalue weighted by Gasteiger charge is -2.02. The number of hydrogen-bond donors (Lipinski definition) is 2. The number of carbonyl (C=O) groups is 1. The molecular formula is C18H14N2O2. The first-order chi connectivity index (χ1) is 10.7. The van der Waals surface area contributed by atoms with Gasteiger partial charge in [0.05, 0.1) is 6.21 Å². The second kappa shape index (κ2) is 6.10.